The van der Waals surface area contributed by atoms with E-state index in [1.165, 1.54) is 0 Å². The maximum atomic E-state index is 11.4. The molecule has 15 heavy (non-hydrogen) atoms. The summed E-state index contributed by atoms with van der Waals surface area (Å²) in [6.07, 6.45) is 4.18. The Labute approximate surface area is 93.7 Å². The van der Waals surface area contributed by atoms with E-state index in [-0.39, 0.29) is 12.1 Å². The van der Waals surface area contributed by atoms with Crippen LogP contribution in [0.1, 0.15) is 53.4 Å². The van der Waals surface area contributed by atoms with Crippen molar-refractivity contribution < 1.29 is 9.53 Å². The summed E-state index contributed by atoms with van der Waals surface area (Å²) in [7, 11) is 0. The number of carbonyl (C=O) groups is 1. The predicted octanol–water partition coefficient (Wildman–Crippen LogP) is 3.71. The number of esters is 1. The SMILES string of the molecule is C=C(C)C(=O)OC(CCC)C(CC)CC. The topological polar surface area (TPSA) is 26.3 Å². The molecule has 0 radical (unpaired) electrons. The third kappa shape index (κ3) is 5.01. The van der Waals surface area contributed by atoms with Gasteiger partial charge in [-0.15, -0.1) is 0 Å². The number of carbonyl (C=O) groups excluding carboxylic acids is 1. The normalized spacial score (nSPS) is 12.6. The quantitative estimate of drug-likeness (QED) is 0.475. The fourth-order valence-electron chi connectivity index (χ4n) is 1.73. The van der Waals surface area contributed by atoms with Crippen LogP contribution in [0.4, 0.5) is 0 Å². The van der Waals surface area contributed by atoms with Crippen LogP contribution in [0.5, 0.6) is 0 Å². The minimum absolute atomic E-state index is 0.0641. The van der Waals surface area contributed by atoms with Crippen molar-refractivity contribution in [1.29, 1.82) is 0 Å². The van der Waals surface area contributed by atoms with Gasteiger partial charge < -0.3 is 4.74 Å². The van der Waals surface area contributed by atoms with Gasteiger partial charge in [-0.3, -0.25) is 0 Å². The number of hydrogen-bond donors (Lipinski definition) is 0. The van der Waals surface area contributed by atoms with Crippen molar-refractivity contribution in [1.82, 2.24) is 0 Å². The summed E-state index contributed by atoms with van der Waals surface area (Å²) in [4.78, 5) is 11.4. The Morgan fingerprint density at radius 1 is 1.27 bits per heavy atom. The second kappa shape index (κ2) is 7.49. The van der Waals surface area contributed by atoms with Crippen LogP contribution < -0.4 is 0 Å². The standard InChI is InChI=1S/C13H24O2/c1-6-9-12(11(7-2)8-3)15-13(14)10(4)5/h11-12H,4,6-9H2,1-3,5H3. The molecule has 1 atom stereocenters. The molecule has 2 heteroatoms. The fraction of sp³-hybridized carbons (Fsp3) is 0.769. The van der Waals surface area contributed by atoms with Gasteiger partial charge in [-0.2, -0.15) is 0 Å². The van der Waals surface area contributed by atoms with E-state index in [9.17, 15) is 4.79 Å². The molecule has 0 fully saturated rings. The van der Waals surface area contributed by atoms with Gasteiger partial charge >= 0.3 is 5.97 Å². The van der Waals surface area contributed by atoms with Gasteiger partial charge in [0.25, 0.3) is 0 Å². The van der Waals surface area contributed by atoms with Crippen molar-refractivity contribution in [2.24, 2.45) is 5.92 Å². The monoisotopic (exact) mass is 212 g/mol. The fourth-order valence-corrected chi connectivity index (χ4v) is 1.73. The molecule has 2 nitrogen and oxygen atoms in total. The van der Waals surface area contributed by atoms with E-state index in [1.54, 1.807) is 6.92 Å². The molecule has 0 aromatic rings. The first-order valence-electron chi connectivity index (χ1n) is 5.93. The van der Waals surface area contributed by atoms with Crippen LogP contribution in [0.2, 0.25) is 0 Å². The van der Waals surface area contributed by atoms with Crippen LogP contribution >= 0.6 is 0 Å². The lowest BCUT2D eigenvalue weighted by atomic mass is 9.93. The zero-order chi connectivity index (χ0) is 11.8. The van der Waals surface area contributed by atoms with E-state index >= 15 is 0 Å². The third-order valence-corrected chi connectivity index (χ3v) is 2.75. The minimum atomic E-state index is -0.250. The molecule has 0 N–H and O–H groups in total. The van der Waals surface area contributed by atoms with Crippen molar-refractivity contribution in [2.45, 2.75) is 59.5 Å². The Kier molecular flexibility index (Phi) is 7.10. The van der Waals surface area contributed by atoms with Crippen molar-refractivity contribution in [3.05, 3.63) is 12.2 Å². The Morgan fingerprint density at radius 3 is 2.13 bits per heavy atom. The zero-order valence-corrected chi connectivity index (χ0v) is 10.5. The summed E-state index contributed by atoms with van der Waals surface area (Å²) in [5, 5.41) is 0. The van der Waals surface area contributed by atoms with Gasteiger partial charge in [0.1, 0.15) is 6.10 Å². The first-order valence-corrected chi connectivity index (χ1v) is 5.93. The highest BCUT2D eigenvalue weighted by molar-refractivity contribution is 5.87. The summed E-state index contributed by atoms with van der Waals surface area (Å²) >= 11 is 0. The van der Waals surface area contributed by atoms with Crippen LogP contribution in [0, 0.1) is 5.92 Å². The summed E-state index contributed by atoms with van der Waals surface area (Å²) < 4.78 is 5.46. The Bertz CT molecular complexity index is 205. The molecule has 1 unspecified atom stereocenters. The van der Waals surface area contributed by atoms with Gasteiger partial charge in [0, 0.05) is 5.57 Å². The lowest BCUT2D eigenvalue weighted by Gasteiger charge is -2.25. The Morgan fingerprint density at radius 2 is 1.80 bits per heavy atom. The van der Waals surface area contributed by atoms with Crippen LogP contribution in [-0.4, -0.2) is 12.1 Å². The van der Waals surface area contributed by atoms with Gasteiger partial charge in [-0.05, 0) is 32.1 Å². The molecule has 0 aromatic carbocycles. The lowest BCUT2D eigenvalue weighted by Crippen LogP contribution is -2.26. The molecule has 0 aromatic heterocycles. The third-order valence-electron chi connectivity index (χ3n) is 2.75. The summed E-state index contributed by atoms with van der Waals surface area (Å²) in [6, 6.07) is 0. The van der Waals surface area contributed by atoms with Crippen molar-refractivity contribution >= 4 is 5.97 Å². The summed E-state index contributed by atoms with van der Waals surface area (Å²) in [6.45, 7) is 11.7. The highest BCUT2D eigenvalue weighted by atomic mass is 16.5. The van der Waals surface area contributed by atoms with E-state index in [1.807, 2.05) is 0 Å². The predicted molar refractivity (Wildman–Crippen MR) is 63.7 cm³/mol. The van der Waals surface area contributed by atoms with E-state index in [0.717, 1.165) is 25.7 Å². The molecular formula is C13H24O2. The lowest BCUT2D eigenvalue weighted by molar-refractivity contribution is -0.147. The van der Waals surface area contributed by atoms with E-state index < -0.39 is 0 Å². The molecule has 0 rings (SSSR count). The number of ether oxygens (including phenoxy) is 1. The van der Waals surface area contributed by atoms with Gasteiger partial charge in [-0.1, -0.05) is 33.8 Å². The minimum Gasteiger partial charge on any atom is -0.459 e. The van der Waals surface area contributed by atoms with E-state index in [4.69, 9.17) is 4.74 Å². The van der Waals surface area contributed by atoms with Crippen LogP contribution in [0.15, 0.2) is 12.2 Å². The largest absolute Gasteiger partial charge is 0.459 e. The molecule has 0 saturated carbocycles. The molecule has 0 aliphatic rings. The van der Waals surface area contributed by atoms with Gasteiger partial charge in [0.15, 0.2) is 0 Å². The van der Waals surface area contributed by atoms with E-state index in [0.29, 0.717) is 11.5 Å². The zero-order valence-electron chi connectivity index (χ0n) is 10.5. The molecule has 0 saturated heterocycles. The van der Waals surface area contributed by atoms with Crippen molar-refractivity contribution in [3.8, 4) is 0 Å². The first-order chi connectivity index (χ1) is 7.06. The highest BCUT2D eigenvalue weighted by Crippen LogP contribution is 2.21. The highest BCUT2D eigenvalue weighted by Gasteiger charge is 2.21. The van der Waals surface area contributed by atoms with Crippen LogP contribution in [0.3, 0.4) is 0 Å². The molecule has 0 heterocycles. The Balaban J connectivity index is 4.37. The smallest absolute Gasteiger partial charge is 0.333 e. The van der Waals surface area contributed by atoms with Gasteiger partial charge in [-0.25, -0.2) is 4.79 Å². The average Bonchev–Trinajstić information content (AvgIpc) is 2.19. The summed E-state index contributed by atoms with van der Waals surface area (Å²) in [5.41, 5.74) is 0.488. The van der Waals surface area contributed by atoms with Crippen molar-refractivity contribution in [2.75, 3.05) is 0 Å². The number of hydrogen-bond acceptors (Lipinski definition) is 2. The summed E-state index contributed by atoms with van der Waals surface area (Å²) in [5.74, 6) is 0.230. The maximum absolute atomic E-state index is 11.4. The second-order valence-corrected chi connectivity index (χ2v) is 4.09. The van der Waals surface area contributed by atoms with E-state index in [2.05, 4.69) is 27.4 Å². The molecular weight excluding hydrogens is 188 g/mol. The molecule has 0 aliphatic heterocycles. The maximum Gasteiger partial charge on any atom is 0.333 e. The number of rotatable bonds is 7. The van der Waals surface area contributed by atoms with Gasteiger partial charge in [0.05, 0.1) is 0 Å². The average molecular weight is 212 g/mol. The molecule has 0 aliphatic carbocycles. The second-order valence-electron chi connectivity index (χ2n) is 4.09. The molecule has 0 amide bonds. The van der Waals surface area contributed by atoms with Crippen molar-refractivity contribution in [3.63, 3.8) is 0 Å². The first kappa shape index (κ1) is 14.2. The molecule has 0 spiro atoms. The molecule has 88 valence electrons. The van der Waals surface area contributed by atoms with Crippen LogP contribution in [0.25, 0.3) is 0 Å². The van der Waals surface area contributed by atoms with Crippen LogP contribution in [-0.2, 0) is 9.53 Å². The van der Waals surface area contributed by atoms with Gasteiger partial charge in [0.2, 0.25) is 0 Å². The molecule has 0 bridgehead atoms. The Hall–Kier alpha value is -0.790.